The predicted octanol–water partition coefficient (Wildman–Crippen LogP) is 4.48. The lowest BCUT2D eigenvalue weighted by Crippen LogP contribution is -1.95. The number of benzene rings is 2. The van der Waals surface area contributed by atoms with E-state index in [-0.39, 0.29) is 6.99 Å². The van der Waals surface area contributed by atoms with Gasteiger partial charge in [0.2, 0.25) is 0 Å². The Labute approximate surface area is 112 Å². The number of anilines is 1. The highest BCUT2D eigenvalue weighted by atomic mass is 19.1. The summed E-state index contributed by atoms with van der Waals surface area (Å²) in [6.07, 6.45) is 1.05. The van der Waals surface area contributed by atoms with E-state index in [1.165, 1.54) is 36.4 Å². The smallest absolute Gasteiger partial charge is 0.133 e. The number of hydrogen-bond donors (Lipinski definition) is 2. The van der Waals surface area contributed by atoms with Crippen molar-refractivity contribution < 1.29 is 10.2 Å². The topological polar surface area (TPSA) is 49.9 Å². The number of nitrogens with two attached hydrogens (primary N) is 1. The Hall–Kier alpha value is -2.23. The van der Waals surface area contributed by atoms with E-state index in [2.05, 4.69) is 0 Å². The van der Waals surface area contributed by atoms with Gasteiger partial charge in [-0.25, -0.2) is 8.78 Å². The Morgan fingerprint density at radius 2 is 1.68 bits per heavy atom. The molecule has 0 spiro atoms. The van der Waals surface area contributed by atoms with Gasteiger partial charge in [-0.1, -0.05) is 26.0 Å². The van der Waals surface area contributed by atoms with Crippen molar-refractivity contribution in [1.82, 2.24) is 0 Å². The van der Waals surface area contributed by atoms with Gasteiger partial charge in [0.1, 0.15) is 11.6 Å². The van der Waals surface area contributed by atoms with Crippen molar-refractivity contribution in [3.8, 4) is 11.1 Å². The van der Waals surface area contributed by atoms with Gasteiger partial charge in [-0.15, -0.1) is 0 Å². The van der Waals surface area contributed by atoms with Crippen molar-refractivity contribution in [2.75, 3.05) is 5.73 Å². The van der Waals surface area contributed by atoms with E-state index in [1.807, 2.05) is 13.8 Å². The van der Waals surface area contributed by atoms with Crippen molar-refractivity contribution in [2.24, 2.45) is 0 Å². The molecule has 0 radical (unpaired) electrons. The van der Waals surface area contributed by atoms with Gasteiger partial charge in [0.05, 0.1) is 5.56 Å². The molecule has 102 valence electrons. The van der Waals surface area contributed by atoms with Gasteiger partial charge in [-0.2, -0.15) is 0 Å². The molecule has 19 heavy (non-hydrogen) atoms. The second-order valence-electron chi connectivity index (χ2n) is 3.58. The zero-order valence-corrected chi connectivity index (χ0v) is 10.9. The average Bonchev–Trinajstić information content (AvgIpc) is 2.42. The molecule has 0 aliphatic rings. The highest BCUT2D eigenvalue weighted by Gasteiger charge is 2.11. The van der Waals surface area contributed by atoms with E-state index >= 15 is 0 Å². The van der Waals surface area contributed by atoms with Crippen LogP contribution in [-0.2, 0) is 0 Å². The number of nitrogens with one attached hydrogen (secondary N) is 1. The van der Waals surface area contributed by atoms with Gasteiger partial charge in [-0.05, 0) is 29.8 Å². The Morgan fingerprint density at radius 3 is 2.21 bits per heavy atom. The van der Waals surface area contributed by atoms with E-state index in [1.54, 1.807) is 0 Å². The lowest BCUT2D eigenvalue weighted by molar-refractivity contribution is 0.589. The molecule has 0 atom stereocenters. The second-order valence-corrected chi connectivity index (χ2v) is 3.58. The lowest BCUT2D eigenvalue weighted by atomic mass is 10.0. The molecule has 0 bridgehead atoms. The van der Waals surface area contributed by atoms with E-state index in [4.69, 9.17) is 11.1 Å². The maximum Gasteiger partial charge on any atom is 0.133 e. The monoisotopic (exact) mass is 264 g/mol. The van der Waals surface area contributed by atoms with E-state index < -0.39 is 11.6 Å². The first-order chi connectivity index (χ1) is 9.13. The van der Waals surface area contributed by atoms with Crippen LogP contribution in [0.15, 0.2) is 36.4 Å². The Kier molecular flexibility index (Phi) is 5.18. The standard InChI is InChI=1S/C13H10F2N2.C2H6.H2/c14-10-2-1-3-11(15)13(10)8-4-5-12(17)9(6-8)7-16;1-2;/h1-7,16H,17H2;1-2H3;1H. The van der Waals surface area contributed by atoms with E-state index in [0.29, 0.717) is 16.8 Å². The molecule has 0 unspecified atom stereocenters. The number of nitrogen functional groups attached to an aromatic ring is 1. The molecule has 0 saturated heterocycles. The van der Waals surface area contributed by atoms with Gasteiger partial charge in [0.15, 0.2) is 0 Å². The molecule has 0 heterocycles. The fourth-order valence-corrected chi connectivity index (χ4v) is 1.63. The number of halogens is 2. The third-order valence-electron chi connectivity index (χ3n) is 2.49. The van der Waals surface area contributed by atoms with Crippen molar-refractivity contribution in [1.29, 1.82) is 5.41 Å². The van der Waals surface area contributed by atoms with Crippen LogP contribution in [0.2, 0.25) is 0 Å². The van der Waals surface area contributed by atoms with Gasteiger partial charge in [0, 0.05) is 18.9 Å². The molecule has 0 fully saturated rings. The fourth-order valence-electron chi connectivity index (χ4n) is 1.63. The summed E-state index contributed by atoms with van der Waals surface area (Å²) in [6.45, 7) is 4.00. The van der Waals surface area contributed by atoms with Crippen LogP contribution in [0.5, 0.6) is 0 Å². The summed E-state index contributed by atoms with van der Waals surface area (Å²) >= 11 is 0. The van der Waals surface area contributed by atoms with Crippen LogP contribution in [0.25, 0.3) is 11.1 Å². The highest BCUT2D eigenvalue weighted by molar-refractivity contribution is 5.87. The van der Waals surface area contributed by atoms with Gasteiger partial charge < -0.3 is 11.1 Å². The SMILES string of the molecule is CC.N=Cc1cc(-c2c(F)cccc2F)ccc1N.[HH]. The first kappa shape index (κ1) is 14.8. The van der Waals surface area contributed by atoms with Crippen LogP contribution in [0.4, 0.5) is 14.5 Å². The third-order valence-corrected chi connectivity index (χ3v) is 2.49. The number of rotatable bonds is 2. The first-order valence-corrected chi connectivity index (χ1v) is 5.98. The van der Waals surface area contributed by atoms with E-state index in [0.717, 1.165) is 6.21 Å². The maximum atomic E-state index is 13.5. The zero-order valence-electron chi connectivity index (χ0n) is 10.9. The third kappa shape index (κ3) is 3.16. The van der Waals surface area contributed by atoms with Crippen molar-refractivity contribution in [3.05, 3.63) is 53.6 Å². The van der Waals surface area contributed by atoms with Crippen LogP contribution in [0, 0.1) is 17.0 Å². The summed E-state index contributed by atoms with van der Waals surface area (Å²) < 4.78 is 27.1. The van der Waals surface area contributed by atoms with Crippen LogP contribution < -0.4 is 5.73 Å². The quantitative estimate of drug-likeness (QED) is 0.609. The average molecular weight is 264 g/mol. The molecule has 2 aromatic carbocycles. The highest BCUT2D eigenvalue weighted by Crippen LogP contribution is 2.27. The molecule has 3 N–H and O–H groups in total. The molecular formula is C15H18F2N2. The van der Waals surface area contributed by atoms with Crippen LogP contribution in [0.3, 0.4) is 0 Å². The molecule has 2 aromatic rings. The Morgan fingerprint density at radius 1 is 1.11 bits per heavy atom. The predicted molar refractivity (Wildman–Crippen MR) is 77.6 cm³/mol. The molecule has 0 aromatic heterocycles. The van der Waals surface area contributed by atoms with Crippen LogP contribution in [-0.4, -0.2) is 6.21 Å². The normalized spacial score (nSPS) is 9.47. The summed E-state index contributed by atoms with van der Waals surface area (Å²) in [4.78, 5) is 0. The van der Waals surface area contributed by atoms with E-state index in [9.17, 15) is 8.78 Å². The minimum absolute atomic E-state index is 0. The van der Waals surface area contributed by atoms with Crippen molar-refractivity contribution in [2.45, 2.75) is 13.8 Å². The summed E-state index contributed by atoms with van der Waals surface area (Å²) in [5.74, 6) is -1.27. The Bertz CT molecular complexity index is 566. The zero-order chi connectivity index (χ0) is 14.4. The van der Waals surface area contributed by atoms with Gasteiger partial charge in [-0.3, -0.25) is 0 Å². The fraction of sp³-hybridized carbons (Fsp3) is 0.133. The molecule has 0 amide bonds. The molecule has 0 saturated carbocycles. The van der Waals surface area contributed by atoms with Crippen molar-refractivity contribution in [3.63, 3.8) is 0 Å². The molecule has 2 nitrogen and oxygen atoms in total. The first-order valence-electron chi connectivity index (χ1n) is 5.98. The second kappa shape index (κ2) is 6.64. The molecule has 4 heteroatoms. The maximum absolute atomic E-state index is 13.5. The minimum Gasteiger partial charge on any atom is -0.398 e. The minimum atomic E-state index is -0.634. The molecule has 0 aliphatic carbocycles. The lowest BCUT2D eigenvalue weighted by Gasteiger charge is -2.07. The largest absolute Gasteiger partial charge is 0.398 e. The molecule has 0 aliphatic heterocycles. The summed E-state index contributed by atoms with van der Waals surface area (Å²) in [6, 6.07) is 8.25. The summed E-state index contributed by atoms with van der Waals surface area (Å²) in [5.41, 5.74) is 6.72. The van der Waals surface area contributed by atoms with Crippen molar-refractivity contribution >= 4 is 11.9 Å². The van der Waals surface area contributed by atoms with Gasteiger partial charge >= 0.3 is 0 Å². The Balaban J connectivity index is 0.00000115. The summed E-state index contributed by atoms with van der Waals surface area (Å²) in [5, 5.41) is 7.16. The van der Waals surface area contributed by atoms with Gasteiger partial charge in [0.25, 0.3) is 0 Å². The van der Waals surface area contributed by atoms with Crippen LogP contribution in [0.1, 0.15) is 20.8 Å². The van der Waals surface area contributed by atoms with Crippen LogP contribution >= 0.6 is 0 Å². The molecular weight excluding hydrogens is 246 g/mol. The summed E-state index contributed by atoms with van der Waals surface area (Å²) in [7, 11) is 0. The number of hydrogen-bond acceptors (Lipinski definition) is 2. The molecule has 2 rings (SSSR count).